The van der Waals surface area contributed by atoms with Crippen molar-refractivity contribution in [2.75, 3.05) is 5.32 Å². The van der Waals surface area contributed by atoms with Crippen LogP contribution in [0.3, 0.4) is 0 Å². The molecule has 1 aliphatic rings. The number of anilines is 1. The highest BCUT2D eigenvalue weighted by Crippen LogP contribution is 2.24. The number of aryl methyl sites for hydroxylation is 1. The molecule has 1 aromatic rings. The molecule has 1 saturated carbocycles. The summed E-state index contributed by atoms with van der Waals surface area (Å²) in [6.45, 7) is 3.87. The third kappa shape index (κ3) is 1.91. The number of hydrogen-bond donors (Lipinski definition) is 1. The van der Waals surface area contributed by atoms with Gasteiger partial charge in [-0.1, -0.05) is 11.6 Å². The van der Waals surface area contributed by atoms with Crippen LogP contribution in [0.4, 0.5) is 5.95 Å². The van der Waals surface area contributed by atoms with Gasteiger partial charge in [0.05, 0.1) is 0 Å². The minimum absolute atomic E-state index is 0.552. The van der Waals surface area contributed by atoms with E-state index >= 15 is 0 Å². The van der Waals surface area contributed by atoms with E-state index in [0.717, 1.165) is 11.3 Å². The maximum Gasteiger partial charge on any atom is 0.224 e. The second kappa shape index (κ2) is 3.14. The molecule has 0 atom stereocenters. The zero-order chi connectivity index (χ0) is 9.42. The first kappa shape index (κ1) is 8.75. The van der Waals surface area contributed by atoms with Crippen molar-refractivity contribution in [2.24, 2.45) is 0 Å². The Morgan fingerprint density at radius 3 is 2.54 bits per heavy atom. The van der Waals surface area contributed by atoms with Gasteiger partial charge in [-0.2, -0.15) is 0 Å². The van der Waals surface area contributed by atoms with Crippen LogP contribution in [-0.2, 0) is 0 Å². The minimum Gasteiger partial charge on any atom is -0.351 e. The lowest BCUT2D eigenvalue weighted by Gasteiger charge is -2.06. The van der Waals surface area contributed by atoms with E-state index < -0.39 is 0 Å². The first-order chi connectivity index (χ1) is 6.16. The summed E-state index contributed by atoms with van der Waals surface area (Å²) in [5.41, 5.74) is 1.91. The van der Waals surface area contributed by atoms with Crippen LogP contribution in [-0.4, -0.2) is 16.0 Å². The molecule has 1 aromatic heterocycles. The summed E-state index contributed by atoms with van der Waals surface area (Å²) in [4.78, 5) is 8.46. The lowest BCUT2D eigenvalue weighted by atomic mass is 10.3. The number of aromatic nitrogens is 2. The average molecular weight is 198 g/mol. The summed E-state index contributed by atoms with van der Waals surface area (Å²) in [5, 5.41) is 3.77. The maximum absolute atomic E-state index is 5.93. The van der Waals surface area contributed by atoms with Gasteiger partial charge in [0.2, 0.25) is 5.95 Å². The molecular formula is C9H12ClN3. The van der Waals surface area contributed by atoms with Gasteiger partial charge in [0.25, 0.3) is 0 Å². The molecule has 0 aliphatic heterocycles. The second-order valence-corrected chi connectivity index (χ2v) is 3.83. The summed E-state index contributed by atoms with van der Waals surface area (Å²) in [7, 11) is 0. The fraction of sp³-hybridized carbons (Fsp3) is 0.556. The van der Waals surface area contributed by atoms with Gasteiger partial charge >= 0.3 is 0 Å². The molecule has 0 saturated heterocycles. The highest BCUT2D eigenvalue weighted by atomic mass is 35.5. The summed E-state index contributed by atoms with van der Waals surface area (Å²) in [6.07, 6.45) is 2.43. The molecule has 0 spiro atoms. The molecule has 1 fully saturated rings. The summed E-state index contributed by atoms with van der Waals surface area (Å²) in [6, 6.07) is 0.568. The fourth-order valence-corrected chi connectivity index (χ4v) is 1.29. The molecule has 3 nitrogen and oxygen atoms in total. The van der Waals surface area contributed by atoms with Gasteiger partial charge in [0.15, 0.2) is 0 Å². The third-order valence-corrected chi connectivity index (χ3v) is 2.61. The first-order valence-corrected chi connectivity index (χ1v) is 4.82. The smallest absolute Gasteiger partial charge is 0.224 e. The zero-order valence-electron chi connectivity index (χ0n) is 7.76. The Labute approximate surface area is 82.5 Å². The highest BCUT2D eigenvalue weighted by molar-refractivity contribution is 6.30. The van der Waals surface area contributed by atoms with Crippen molar-refractivity contribution in [3.8, 4) is 0 Å². The number of nitrogens with one attached hydrogen (secondary N) is 1. The van der Waals surface area contributed by atoms with Crippen molar-refractivity contribution in [3.05, 3.63) is 16.4 Å². The van der Waals surface area contributed by atoms with E-state index in [4.69, 9.17) is 11.6 Å². The van der Waals surface area contributed by atoms with E-state index in [2.05, 4.69) is 15.3 Å². The van der Waals surface area contributed by atoms with Gasteiger partial charge < -0.3 is 5.32 Å². The highest BCUT2D eigenvalue weighted by Gasteiger charge is 2.22. The Bertz CT molecular complexity index is 311. The van der Waals surface area contributed by atoms with Crippen LogP contribution in [0.2, 0.25) is 5.15 Å². The van der Waals surface area contributed by atoms with E-state index in [1.54, 1.807) is 0 Å². The summed E-state index contributed by atoms with van der Waals surface area (Å²) in [5.74, 6) is 0.663. The predicted molar refractivity (Wildman–Crippen MR) is 53.2 cm³/mol. The Hall–Kier alpha value is -0.830. The number of hydrogen-bond acceptors (Lipinski definition) is 3. The summed E-state index contributed by atoms with van der Waals surface area (Å²) >= 11 is 5.93. The zero-order valence-corrected chi connectivity index (χ0v) is 8.52. The Morgan fingerprint density at radius 2 is 2.00 bits per heavy atom. The molecule has 1 heterocycles. The van der Waals surface area contributed by atoms with Crippen LogP contribution in [0.15, 0.2) is 0 Å². The molecule has 2 rings (SSSR count). The number of rotatable bonds is 2. The van der Waals surface area contributed by atoms with Crippen LogP contribution >= 0.6 is 11.6 Å². The van der Waals surface area contributed by atoms with Gasteiger partial charge in [0.1, 0.15) is 5.15 Å². The monoisotopic (exact) mass is 197 g/mol. The molecule has 0 unspecified atom stereocenters. The topological polar surface area (TPSA) is 37.8 Å². The molecule has 4 heteroatoms. The van der Waals surface area contributed by atoms with Crippen LogP contribution < -0.4 is 5.32 Å². The molecule has 0 amide bonds. The number of halogens is 1. The van der Waals surface area contributed by atoms with Crippen LogP contribution in [0.1, 0.15) is 24.1 Å². The quantitative estimate of drug-likeness (QED) is 0.740. The van der Waals surface area contributed by atoms with E-state index in [1.807, 2.05) is 13.8 Å². The van der Waals surface area contributed by atoms with E-state index in [0.29, 0.717) is 17.1 Å². The number of nitrogens with zero attached hydrogens (tertiary/aromatic N) is 2. The van der Waals surface area contributed by atoms with Crippen molar-refractivity contribution in [3.63, 3.8) is 0 Å². The minimum atomic E-state index is 0.552. The van der Waals surface area contributed by atoms with Crippen molar-refractivity contribution >= 4 is 17.5 Å². The van der Waals surface area contributed by atoms with Crippen molar-refractivity contribution in [2.45, 2.75) is 32.7 Å². The lowest BCUT2D eigenvalue weighted by molar-refractivity contribution is 1.01. The largest absolute Gasteiger partial charge is 0.351 e. The SMILES string of the molecule is Cc1nc(NC2CC2)nc(Cl)c1C. The van der Waals surface area contributed by atoms with Crippen LogP contribution in [0.5, 0.6) is 0 Å². The van der Waals surface area contributed by atoms with Crippen LogP contribution in [0.25, 0.3) is 0 Å². The lowest BCUT2D eigenvalue weighted by Crippen LogP contribution is -2.07. The van der Waals surface area contributed by atoms with E-state index in [-0.39, 0.29) is 0 Å². The second-order valence-electron chi connectivity index (χ2n) is 3.47. The molecule has 70 valence electrons. The van der Waals surface area contributed by atoms with Crippen molar-refractivity contribution < 1.29 is 0 Å². The first-order valence-electron chi connectivity index (χ1n) is 4.44. The van der Waals surface area contributed by atoms with E-state index in [1.165, 1.54) is 12.8 Å². The predicted octanol–water partition coefficient (Wildman–Crippen LogP) is 2.32. The normalized spacial score (nSPS) is 15.9. The molecule has 0 aromatic carbocycles. The molecule has 1 N–H and O–H groups in total. The molecule has 0 bridgehead atoms. The fourth-order valence-electron chi connectivity index (χ4n) is 1.07. The van der Waals surface area contributed by atoms with Crippen LogP contribution in [0, 0.1) is 13.8 Å². The Morgan fingerprint density at radius 1 is 1.31 bits per heavy atom. The summed E-state index contributed by atoms with van der Waals surface area (Å²) < 4.78 is 0. The molecule has 1 aliphatic carbocycles. The van der Waals surface area contributed by atoms with Crippen molar-refractivity contribution in [1.82, 2.24) is 9.97 Å². The van der Waals surface area contributed by atoms with Crippen molar-refractivity contribution in [1.29, 1.82) is 0 Å². The van der Waals surface area contributed by atoms with Gasteiger partial charge in [-0.3, -0.25) is 0 Å². The maximum atomic E-state index is 5.93. The molecular weight excluding hydrogens is 186 g/mol. The average Bonchev–Trinajstić information content (AvgIpc) is 2.84. The van der Waals surface area contributed by atoms with Gasteiger partial charge in [-0.15, -0.1) is 0 Å². The standard InChI is InChI=1S/C9H12ClN3/c1-5-6(2)11-9(13-8(5)10)12-7-3-4-7/h7H,3-4H2,1-2H3,(H,11,12,13). The van der Waals surface area contributed by atoms with E-state index in [9.17, 15) is 0 Å². The molecule has 0 radical (unpaired) electrons. The van der Waals surface area contributed by atoms with Gasteiger partial charge in [0, 0.05) is 17.3 Å². The van der Waals surface area contributed by atoms with Gasteiger partial charge in [-0.05, 0) is 26.7 Å². The Balaban J connectivity index is 2.25. The molecule has 13 heavy (non-hydrogen) atoms. The Kier molecular flexibility index (Phi) is 2.12. The third-order valence-electron chi connectivity index (χ3n) is 2.24. The van der Waals surface area contributed by atoms with Gasteiger partial charge in [-0.25, -0.2) is 9.97 Å².